The molecule has 1 aliphatic rings. The van der Waals surface area contributed by atoms with Crippen LogP contribution in [0.2, 0.25) is 0 Å². The standard InChI is InChI=1S/C28H32N2O3S/c1-20-15-17-30(18-16-20)34(32,33)24-14-13-22(3)26(19-24)28(31)29-27(23-10-5-4-6-11-23)25-12-8-7-9-21(25)2/h4-14,19-20,27H,15-18H2,1-3H3,(H,29,31). The third-order valence-corrected chi connectivity index (χ3v) is 8.64. The molecule has 0 aliphatic carbocycles. The Kier molecular flexibility index (Phi) is 7.19. The van der Waals surface area contributed by atoms with Gasteiger partial charge in [0, 0.05) is 18.7 Å². The maximum atomic E-state index is 13.5. The summed E-state index contributed by atoms with van der Waals surface area (Å²) in [6, 6.07) is 22.3. The number of amides is 1. The number of rotatable bonds is 6. The van der Waals surface area contributed by atoms with Gasteiger partial charge in [0.25, 0.3) is 5.91 Å². The van der Waals surface area contributed by atoms with Crippen LogP contribution in [0.1, 0.15) is 58.4 Å². The molecule has 0 aromatic heterocycles. The third-order valence-electron chi connectivity index (χ3n) is 6.74. The van der Waals surface area contributed by atoms with Gasteiger partial charge in [0.15, 0.2) is 0 Å². The average molecular weight is 477 g/mol. The molecule has 1 saturated heterocycles. The van der Waals surface area contributed by atoms with Gasteiger partial charge in [-0.2, -0.15) is 4.31 Å². The molecule has 3 aromatic rings. The molecular formula is C28H32N2O3S. The van der Waals surface area contributed by atoms with Crippen molar-refractivity contribution in [2.45, 2.75) is 44.6 Å². The molecule has 3 aromatic carbocycles. The van der Waals surface area contributed by atoms with Gasteiger partial charge >= 0.3 is 0 Å². The highest BCUT2D eigenvalue weighted by Crippen LogP contribution is 2.28. The molecule has 0 saturated carbocycles. The van der Waals surface area contributed by atoms with E-state index in [4.69, 9.17) is 0 Å². The van der Waals surface area contributed by atoms with E-state index in [2.05, 4.69) is 12.2 Å². The second-order valence-corrected chi connectivity index (χ2v) is 11.2. The Hall–Kier alpha value is -2.96. The van der Waals surface area contributed by atoms with E-state index >= 15 is 0 Å². The van der Waals surface area contributed by atoms with Crippen molar-refractivity contribution in [2.75, 3.05) is 13.1 Å². The fourth-order valence-corrected chi connectivity index (χ4v) is 5.98. The normalized spacial score (nSPS) is 16.2. The summed E-state index contributed by atoms with van der Waals surface area (Å²) >= 11 is 0. The summed E-state index contributed by atoms with van der Waals surface area (Å²) < 4.78 is 28.1. The highest BCUT2D eigenvalue weighted by molar-refractivity contribution is 7.89. The highest BCUT2D eigenvalue weighted by atomic mass is 32.2. The molecular weight excluding hydrogens is 444 g/mol. The Labute approximate surface area is 202 Å². The fourth-order valence-electron chi connectivity index (χ4n) is 4.49. The topological polar surface area (TPSA) is 66.5 Å². The predicted molar refractivity (Wildman–Crippen MR) is 135 cm³/mol. The Morgan fingerprint density at radius 1 is 0.912 bits per heavy atom. The molecule has 0 radical (unpaired) electrons. The van der Waals surface area contributed by atoms with Crippen molar-refractivity contribution in [3.05, 3.63) is 101 Å². The van der Waals surface area contributed by atoms with E-state index in [1.807, 2.05) is 68.4 Å². The molecule has 1 fully saturated rings. The van der Waals surface area contributed by atoms with Crippen LogP contribution in [0, 0.1) is 19.8 Å². The molecule has 1 heterocycles. The zero-order valence-corrected chi connectivity index (χ0v) is 20.8. The number of sulfonamides is 1. The van der Waals surface area contributed by atoms with E-state index in [1.54, 1.807) is 16.4 Å². The molecule has 178 valence electrons. The molecule has 4 rings (SSSR count). The number of carbonyl (C=O) groups is 1. The first-order chi connectivity index (χ1) is 16.3. The lowest BCUT2D eigenvalue weighted by Gasteiger charge is -2.29. The van der Waals surface area contributed by atoms with Crippen LogP contribution in [0.25, 0.3) is 0 Å². The van der Waals surface area contributed by atoms with Crippen molar-refractivity contribution < 1.29 is 13.2 Å². The summed E-state index contributed by atoms with van der Waals surface area (Å²) in [6.07, 6.45) is 1.71. The summed E-state index contributed by atoms with van der Waals surface area (Å²) in [5, 5.41) is 3.16. The van der Waals surface area contributed by atoms with Crippen LogP contribution >= 0.6 is 0 Å². The molecule has 1 amide bonds. The van der Waals surface area contributed by atoms with E-state index in [1.165, 1.54) is 6.07 Å². The van der Waals surface area contributed by atoms with E-state index in [9.17, 15) is 13.2 Å². The smallest absolute Gasteiger partial charge is 0.252 e. The minimum absolute atomic E-state index is 0.171. The van der Waals surface area contributed by atoms with Crippen LogP contribution in [0.15, 0.2) is 77.7 Å². The molecule has 1 N–H and O–H groups in total. The number of nitrogens with zero attached hydrogens (tertiary/aromatic N) is 1. The van der Waals surface area contributed by atoms with Gasteiger partial charge in [0.05, 0.1) is 10.9 Å². The first-order valence-electron chi connectivity index (χ1n) is 11.8. The highest BCUT2D eigenvalue weighted by Gasteiger charge is 2.29. The summed E-state index contributed by atoms with van der Waals surface area (Å²) in [7, 11) is -3.64. The lowest BCUT2D eigenvalue weighted by Crippen LogP contribution is -2.38. The van der Waals surface area contributed by atoms with Crippen molar-refractivity contribution in [1.29, 1.82) is 0 Å². The van der Waals surface area contributed by atoms with Gasteiger partial charge in [-0.15, -0.1) is 0 Å². The number of carbonyl (C=O) groups excluding carboxylic acids is 1. The van der Waals surface area contributed by atoms with Gasteiger partial charge in [0.2, 0.25) is 10.0 Å². The molecule has 5 nitrogen and oxygen atoms in total. The predicted octanol–water partition coefficient (Wildman–Crippen LogP) is 5.24. The SMILES string of the molecule is Cc1ccc(S(=O)(=O)N2CCC(C)CC2)cc1C(=O)NC(c1ccccc1)c1ccccc1C. The Bertz CT molecular complexity index is 1260. The Morgan fingerprint density at radius 3 is 2.24 bits per heavy atom. The summed E-state index contributed by atoms with van der Waals surface area (Å²) in [6.45, 7) is 7.04. The van der Waals surface area contributed by atoms with E-state index < -0.39 is 10.0 Å². The van der Waals surface area contributed by atoms with Gasteiger partial charge in [-0.3, -0.25) is 4.79 Å². The van der Waals surface area contributed by atoms with Crippen LogP contribution in [0.4, 0.5) is 0 Å². The van der Waals surface area contributed by atoms with Crippen molar-refractivity contribution >= 4 is 15.9 Å². The lowest BCUT2D eigenvalue weighted by atomic mass is 9.94. The van der Waals surface area contributed by atoms with Crippen molar-refractivity contribution in [3.8, 4) is 0 Å². The van der Waals surface area contributed by atoms with Gasteiger partial charge in [-0.25, -0.2) is 8.42 Å². The van der Waals surface area contributed by atoms with Crippen LogP contribution in [-0.2, 0) is 10.0 Å². The second-order valence-electron chi connectivity index (χ2n) is 9.24. The third kappa shape index (κ3) is 5.08. The zero-order chi connectivity index (χ0) is 24.3. The molecule has 1 unspecified atom stereocenters. The summed E-state index contributed by atoms with van der Waals surface area (Å²) in [4.78, 5) is 13.7. The largest absolute Gasteiger partial charge is 0.341 e. The number of hydrogen-bond donors (Lipinski definition) is 1. The van der Waals surface area contributed by atoms with Crippen LogP contribution in [-0.4, -0.2) is 31.7 Å². The number of hydrogen-bond acceptors (Lipinski definition) is 3. The molecule has 6 heteroatoms. The minimum atomic E-state index is -3.64. The molecule has 1 atom stereocenters. The number of nitrogens with one attached hydrogen (secondary N) is 1. The minimum Gasteiger partial charge on any atom is -0.341 e. The second kappa shape index (κ2) is 10.1. The van der Waals surface area contributed by atoms with Crippen LogP contribution in [0.3, 0.4) is 0 Å². The number of piperidine rings is 1. The van der Waals surface area contributed by atoms with E-state index in [0.717, 1.165) is 35.1 Å². The van der Waals surface area contributed by atoms with E-state index in [0.29, 0.717) is 24.6 Å². The van der Waals surface area contributed by atoms with Gasteiger partial charge in [-0.05, 0) is 67.0 Å². The average Bonchev–Trinajstić information content (AvgIpc) is 2.84. The maximum Gasteiger partial charge on any atom is 0.252 e. The monoisotopic (exact) mass is 476 g/mol. The van der Waals surface area contributed by atoms with Crippen molar-refractivity contribution in [3.63, 3.8) is 0 Å². The first-order valence-corrected chi connectivity index (χ1v) is 13.2. The van der Waals surface area contributed by atoms with E-state index in [-0.39, 0.29) is 16.8 Å². The quantitative estimate of drug-likeness (QED) is 0.529. The Balaban J connectivity index is 1.66. The molecule has 1 aliphatic heterocycles. The number of benzene rings is 3. The van der Waals surface area contributed by atoms with Gasteiger partial charge in [0.1, 0.15) is 0 Å². The Morgan fingerprint density at radius 2 is 1.56 bits per heavy atom. The van der Waals surface area contributed by atoms with Gasteiger partial charge < -0.3 is 5.32 Å². The molecule has 0 spiro atoms. The fraction of sp³-hybridized carbons (Fsp3) is 0.321. The molecule has 0 bridgehead atoms. The van der Waals surface area contributed by atoms with Crippen LogP contribution in [0.5, 0.6) is 0 Å². The van der Waals surface area contributed by atoms with Crippen molar-refractivity contribution in [1.82, 2.24) is 9.62 Å². The zero-order valence-electron chi connectivity index (χ0n) is 20.0. The number of aryl methyl sites for hydroxylation is 2. The van der Waals surface area contributed by atoms with Crippen LogP contribution < -0.4 is 5.32 Å². The summed E-state index contributed by atoms with van der Waals surface area (Å²) in [5.74, 6) is 0.237. The maximum absolute atomic E-state index is 13.5. The van der Waals surface area contributed by atoms with Gasteiger partial charge in [-0.1, -0.05) is 67.6 Å². The first kappa shape index (κ1) is 24.2. The van der Waals surface area contributed by atoms with Crippen molar-refractivity contribution in [2.24, 2.45) is 5.92 Å². The lowest BCUT2D eigenvalue weighted by molar-refractivity contribution is 0.0942. The summed E-state index contributed by atoms with van der Waals surface area (Å²) in [5.41, 5.74) is 4.16. The molecule has 34 heavy (non-hydrogen) atoms.